The van der Waals surface area contributed by atoms with E-state index < -0.39 is 16.7 Å². The van der Waals surface area contributed by atoms with Gasteiger partial charge in [-0.1, -0.05) is 11.6 Å². The van der Waals surface area contributed by atoms with Crippen molar-refractivity contribution in [3.63, 3.8) is 0 Å². The molecule has 0 spiro atoms. The van der Waals surface area contributed by atoms with Gasteiger partial charge in [0.25, 0.3) is 5.69 Å². The van der Waals surface area contributed by atoms with Crippen molar-refractivity contribution in [1.82, 2.24) is 0 Å². The van der Waals surface area contributed by atoms with Crippen LogP contribution in [0.4, 0.5) is 10.1 Å². The summed E-state index contributed by atoms with van der Waals surface area (Å²) >= 11 is 5.58. The van der Waals surface area contributed by atoms with Crippen molar-refractivity contribution in [2.75, 3.05) is 0 Å². The highest BCUT2D eigenvalue weighted by Crippen LogP contribution is 2.17. The van der Waals surface area contributed by atoms with Crippen LogP contribution in [0.25, 0.3) is 0 Å². The monoisotopic (exact) mass is 309 g/mol. The van der Waals surface area contributed by atoms with Crippen LogP contribution in [0, 0.1) is 15.9 Å². The number of non-ortho nitro benzene ring substituents is 1. The summed E-state index contributed by atoms with van der Waals surface area (Å²) in [4.78, 5) is 21.7. The lowest BCUT2D eigenvalue weighted by atomic mass is 10.2. The predicted octanol–water partition coefficient (Wildman–Crippen LogP) is 3.74. The summed E-state index contributed by atoms with van der Waals surface area (Å²) in [6.07, 6.45) is 0. The highest BCUT2D eigenvalue weighted by atomic mass is 35.5. The van der Waals surface area contributed by atoms with Crippen LogP contribution < -0.4 is 0 Å². The highest BCUT2D eigenvalue weighted by molar-refractivity contribution is 6.31. The van der Waals surface area contributed by atoms with Gasteiger partial charge in [0, 0.05) is 12.1 Å². The Morgan fingerprint density at radius 3 is 2.48 bits per heavy atom. The number of nitro benzene ring substituents is 1. The van der Waals surface area contributed by atoms with Crippen molar-refractivity contribution in [1.29, 1.82) is 0 Å². The summed E-state index contributed by atoms with van der Waals surface area (Å²) in [5.74, 6) is -1.28. The van der Waals surface area contributed by atoms with E-state index in [1.165, 1.54) is 36.4 Å². The zero-order valence-corrected chi connectivity index (χ0v) is 11.3. The minimum absolute atomic E-state index is 0.0459. The summed E-state index contributed by atoms with van der Waals surface area (Å²) < 4.78 is 18.0. The molecule has 2 aromatic rings. The third-order valence-corrected chi connectivity index (χ3v) is 2.96. The van der Waals surface area contributed by atoms with E-state index in [-0.39, 0.29) is 22.9 Å². The normalized spacial score (nSPS) is 10.2. The molecule has 0 bridgehead atoms. The zero-order chi connectivity index (χ0) is 15.4. The molecule has 0 N–H and O–H groups in total. The number of nitrogens with zero attached hydrogens (tertiary/aromatic N) is 1. The van der Waals surface area contributed by atoms with Crippen LogP contribution in [-0.2, 0) is 11.3 Å². The molecule has 0 saturated heterocycles. The lowest BCUT2D eigenvalue weighted by Crippen LogP contribution is -2.05. The Balaban J connectivity index is 2.00. The molecule has 0 amide bonds. The van der Waals surface area contributed by atoms with Crippen molar-refractivity contribution in [3.05, 3.63) is 74.5 Å². The molecule has 108 valence electrons. The van der Waals surface area contributed by atoms with Crippen LogP contribution in [0.3, 0.4) is 0 Å². The van der Waals surface area contributed by atoms with E-state index in [2.05, 4.69) is 0 Å². The van der Waals surface area contributed by atoms with E-state index in [9.17, 15) is 19.3 Å². The number of ether oxygens (including phenoxy) is 1. The molecule has 0 unspecified atom stereocenters. The Morgan fingerprint density at radius 1 is 1.24 bits per heavy atom. The molecular formula is C14H9ClFNO4. The number of nitro groups is 1. The standard InChI is InChI=1S/C14H9ClFNO4/c15-12-7-10(3-6-13(12)16)14(18)21-8-9-1-4-11(5-2-9)17(19)20/h1-7H,8H2. The largest absolute Gasteiger partial charge is 0.457 e. The summed E-state index contributed by atoms with van der Waals surface area (Å²) in [6, 6.07) is 9.13. The SMILES string of the molecule is O=C(OCc1ccc([N+](=O)[O-])cc1)c1ccc(F)c(Cl)c1. The summed E-state index contributed by atoms with van der Waals surface area (Å²) in [6.45, 7) is -0.0498. The van der Waals surface area contributed by atoms with Crippen LogP contribution in [0.5, 0.6) is 0 Å². The van der Waals surface area contributed by atoms with Crippen LogP contribution in [0.2, 0.25) is 5.02 Å². The van der Waals surface area contributed by atoms with Crippen molar-refractivity contribution < 1.29 is 18.8 Å². The first-order valence-electron chi connectivity index (χ1n) is 5.83. The lowest BCUT2D eigenvalue weighted by molar-refractivity contribution is -0.384. The maximum absolute atomic E-state index is 13.0. The lowest BCUT2D eigenvalue weighted by Gasteiger charge is -2.05. The smallest absolute Gasteiger partial charge is 0.338 e. The molecule has 0 aliphatic heterocycles. The number of esters is 1. The first-order valence-corrected chi connectivity index (χ1v) is 6.20. The minimum atomic E-state index is -0.657. The molecule has 5 nitrogen and oxygen atoms in total. The van der Waals surface area contributed by atoms with Gasteiger partial charge >= 0.3 is 5.97 Å². The Hall–Kier alpha value is -2.47. The molecule has 2 aromatic carbocycles. The number of halogens is 2. The fourth-order valence-electron chi connectivity index (χ4n) is 1.57. The predicted molar refractivity (Wildman–Crippen MR) is 73.6 cm³/mol. The van der Waals surface area contributed by atoms with Gasteiger partial charge in [-0.2, -0.15) is 0 Å². The van der Waals surface area contributed by atoms with Gasteiger partial charge in [-0.3, -0.25) is 10.1 Å². The fourth-order valence-corrected chi connectivity index (χ4v) is 1.75. The van der Waals surface area contributed by atoms with Gasteiger partial charge in [-0.25, -0.2) is 9.18 Å². The Morgan fingerprint density at radius 2 is 1.90 bits per heavy atom. The summed E-state index contributed by atoms with van der Waals surface area (Å²) in [5, 5.41) is 10.3. The minimum Gasteiger partial charge on any atom is -0.457 e. The van der Waals surface area contributed by atoms with Gasteiger partial charge in [0.2, 0.25) is 0 Å². The molecule has 0 aliphatic carbocycles. The highest BCUT2D eigenvalue weighted by Gasteiger charge is 2.11. The van der Waals surface area contributed by atoms with E-state index >= 15 is 0 Å². The number of benzene rings is 2. The number of hydrogen-bond donors (Lipinski definition) is 0. The van der Waals surface area contributed by atoms with Crippen molar-refractivity contribution in [3.8, 4) is 0 Å². The van der Waals surface area contributed by atoms with E-state index in [0.29, 0.717) is 5.56 Å². The second-order valence-electron chi connectivity index (χ2n) is 4.13. The number of rotatable bonds is 4. The molecule has 0 aromatic heterocycles. The maximum atomic E-state index is 13.0. The second-order valence-corrected chi connectivity index (χ2v) is 4.54. The molecule has 0 heterocycles. The average Bonchev–Trinajstić information content (AvgIpc) is 2.48. The molecule has 0 fully saturated rings. The quantitative estimate of drug-likeness (QED) is 0.490. The first kappa shape index (κ1) is 14.9. The molecule has 0 saturated carbocycles. The fraction of sp³-hybridized carbons (Fsp3) is 0.0714. The summed E-state index contributed by atoms with van der Waals surface area (Å²) in [5.41, 5.74) is 0.681. The van der Waals surface area contributed by atoms with E-state index in [1.807, 2.05) is 0 Å². The third-order valence-electron chi connectivity index (χ3n) is 2.67. The van der Waals surface area contributed by atoms with Gasteiger partial charge in [0.15, 0.2) is 0 Å². The number of carbonyl (C=O) groups excluding carboxylic acids is 1. The van der Waals surface area contributed by atoms with E-state index in [1.54, 1.807) is 0 Å². The van der Waals surface area contributed by atoms with Crippen molar-refractivity contribution in [2.24, 2.45) is 0 Å². The molecular weight excluding hydrogens is 301 g/mol. The molecule has 2 rings (SSSR count). The van der Waals surface area contributed by atoms with Crippen molar-refractivity contribution >= 4 is 23.3 Å². The Kier molecular flexibility index (Phi) is 4.49. The van der Waals surface area contributed by atoms with Crippen LogP contribution in [0.1, 0.15) is 15.9 Å². The van der Waals surface area contributed by atoms with Crippen LogP contribution in [-0.4, -0.2) is 10.9 Å². The van der Waals surface area contributed by atoms with Gasteiger partial charge in [-0.05, 0) is 35.9 Å². The van der Waals surface area contributed by atoms with Gasteiger partial charge in [-0.15, -0.1) is 0 Å². The molecule has 21 heavy (non-hydrogen) atoms. The van der Waals surface area contributed by atoms with Gasteiger partial charge in [0.05, 0.1) is 15.5 Å². The average molecular weight is 310 g/mol. The second kappa shape index (κ2) is 6.32. The first-order chi connectivity index (χ1) is 9.97. The number of hydrogen-bond acceptors (Lipinski definition) is 4. The van der Waals surface area contributed by atoms with E-state index in [4.69, 9.17) is 16.3 Å². The van der Waals surface area contributed by atoms with Crippen molar-refractivity contribution in [2.45, 2.75) is 6.61 Å². The third kappa shape index (κ3) is 3.76. The maximum Gasteiger partial charge on any atom is 0.338 e. The Bertz CT molecular complexity index is 688. The van der Waals surface area contributed by atoms with Crippen LogP contribution in [0.15, 0.2) is 42.5 Å². The topological polar surface area (TPSA) is 69.4 Å². The van der Waals surface area contributed by atoms with Gasteiger partial charge < -0.3 is 4.74 Å². The van der Waals surface area contributed by atoms with Crippen LogP contribution >= 0.6 is 11.6 Å². The molecule has 0 aliphatic rings. The Labute approximate surface area is 124 Å². The van der Waals surface area contributed by atoms with E-state index in [0.717, 1.165) is 6.07 Å². The molecule has 0 radical (unpaired) electrons. The molecule has 7 heteroatoms. The zero-order valence-electron chi connectivity index (χ0n) is 10.6. The molecule has 0 atom stereocenters. The van der Waals surface area contributed by atoms with Gasteiger partial charge in [0.1, 0.15) is 12.4 Å². The summed E-state index contributed by atoms with van der Waals surface area (Å²) in [7, 11) is 0. The number of carbonyl (C=O) groups is 1.